The molecule has 36 heavy (non-hydrogen) atoms. The van der Waals surface area contributed by atoms with Gasteiger partial charge in [0.2, 0.25) is 0 Å². The maximum atomic E-state index is 14.2. The molecule has 0 amide bonds. The van der Waals surface area contributed by atoms with E-state index in [1.165, 1.54) is 42.4 Å². The fourth-order valence-electron chi connectivity index (χ4n) is 5.80. The molecule has 1 fully saturated rings. The highest BCUT2D eigenvalue weighted by Crippen LogP contribution is 2.38. The molecule has 0 aliphatic heterocycles. The standard InChI is InChI=1S/C31H39N3OS/c1-3-5-10-24-16-17-25(32)29-27(24)28-30(36-29)33-26(18-15-22-8-6-7-9-22)34(31(28)35)20-19-23-13-11-21(4-2)12-14-23/h11-14,16-17,22H,3-10,15,18-20,32H2,1-2H3. The van der Waals surface area contributed by atoms with Crippen molar-refractivity contribution in [2.24, 2.45) is 5.92 Å². The lowest BCUT2D eigenvalue weighted by Crippen LogP contribution is -2.26. The average Bonchev–Trinajstić information content (AvgIpc) is 3.56. The topological polar surface area (TPSA) is 60.9 Å². The molecule has 0 atom stereocenters. The molecule has 0 bridgehead atoms. The molecular formula is C31H39N3OS. The number of nitrogens with zero attached hydrogens (tertiary/aromatic N) is 2. The fraction of sp³-hybridized carbons (Fsp3) is 0.484. The summed E-state index contributed by atoms with van der Waals surface area (Å²) in [4.78, 5) is 20.2. The monoisotopic (exact) mass is 501 g/mol. The summed E-state index contributed by atoms with van der Waals surface area (Å²) in [7, 11) is 0. The zero-order chi connectivity index (χ0) is 25.1. The van der Waals surface area contributed by atoms with E-state index in [4.69, 9.17) is 10.7 Å². The first-order valence-corrected chi connectivity index (χ1v) is 14.7. The number of anilines is 1. The molecule has 0 spiro atoms. The van der Waals surface area contributed by atoms with Crippen molar-refractivity contribution < 1.29 is 0 Å². The van der Waals surface area contributed by atoms with E-state index in [0.29, 0.717) is 6.54 Å². The summed E-state index contributed by atoms with van der Waals surface area (Å²) in [6.45, 7) is 5.05. The number of hydrogen-bond acceptors (Lipinski definition) is 4. The smallest absolute Gasteiger partial charge is 0.262 e. The molecule has 2 aromatic carbocycles. The molecule has 2 heterocycles. The highest BCUT2D eigenvalue weighted by atomic mass is 32.1. The van der Waals surface area contributed by atoms with E-state index in [1.807, 2.05) is 10.6 Å². The highest BCUT2D eigenvalue weighted by molar-refractivity contribution is 7.26. The minimum absolute atomic E-state index is 0.112. The molecule has 1 saturated carbocycles. The highest BCUT2D eigenvalue weighted by Gasteiger charge is 2.21. The third-order valence-corrected chi connectivity index (χ3v) is 9.18. The third-order valence-electron chi connectivity index (χ3n) is 8.04. The minimum atomic E-state index is 0.112. The molecule has 0 saturated heterocycles. The Kier molecular flexibility index (Phi) is 7.76. The van der Waals surface area contributed by atoms with Gasteiger partial charge >= 0.3 is 0 Å². The Labute approximate surface area is 218 Å². The Balaban J connectivity index is 1.58. The lowest BCUT2D eigenvalue weighted by molar-refractivity contribution is 0.483. The van der Waals surface area contributed by atoms with E-state index in [9.17, 15) is 4.79 Å². The maximum Gasteiger partial charge on any atom is 0.262 e. The molecule has 190 valence electrons. The number of nitrogens with two attached hydrogens (primary N) is 1. The van der Waals surface area contributed by atoms with Gasteiger partial charge in [-0.15, -0.1) is 11.3 Å². The number of nitrogen functional groups attached to an aromatic ring is 1. The number of aromatic nitrogens is 2. The first-order valence-electron chi connectivity index (χ1n) is 13.9. The van der Waals surface area contributed by atoms with Crippen LogP contribution in [0.25, 0.3) is 20.3 Å². The number of aryl methyl sites for hydroxylation is 4. The van der Waals surface area contributed by atoms with Crippen LogP contribution >= 0.6 is 11.3 Å². The third kappa shape index (κ3) is 5.08. The molecule has 2 aromatic heterocycles. The van der Waals surface area contributed by atoms with E-state index in [2.05, 4.69) is 44.2 Å². The van der Waals surface area contributed by atoms with Crippen LogP contribution in [0, 0.1) is 5.92 Å². The quantitative estimate of drug-likeness (QED) is 0.229. The minimum Gasteiger partial charge on any atom is -0.398 e. The number of thiophene rings is 1. The molecule has 0 radical (unpaired) electrons. The predicted octanol–water partition coefficient (Wildman–Crippen LogP) is 7.46. The Bertz CT molecular complexity index is 1390. The Morgan fingerprint density at radius 1 is 0.972 bits per heavy atom. The predicted molar refractivity (Wildman–Crippen MR) is 154 cm³/mol. The Hall–Kier alpha value is -2.66. The second-order valence-electron chi connectivity index (χ2n) is 10.5. The fourth-order valence-corrected chi connectivity index (χ4v) is 6.95. The van der Waals surface area contributed by atoms with Gasteiger partial charge in [0.25, 0.3) is 5.56 Å². The van der Waals surface area contributed by atoms with Crippen molar-refractivity contribution in [2.75, 3.05) is 5.73 Å². The van der Waals surface area contributed by atoms with Gasteiger partial charge in [-0.2, -0.15) is 0 Å². The summed E-state index contributed by atoms with van der Waals surface area (Å²) in [5.74, 6) is 1.72. The van der Waals surface area contributed by atoms with Gasteiger partial charge in [-0.1, -0.05) is 76.3 Å². The van der Waals surface area contributed by atoms with Gasteiger partial charge in [-0.3, -0.25) is 9.36 Å². The van der Waals surface area contributed by atoms with Crippen LogP contribution in [0.15, 0.2) is 41.2 Å². The van der Waals surface area contributed by atoms with Crippen molar-refractivity contribution in [1.29, 1.82) is 0 Å². The second-order valence-corrected chi connectivity index (χ2v) is 11.5. The number of rotatable bonds is 10. The normalized spacial score (nSPS) is 14.4. The molecule has 2 N–H and O–H groups in total. The lowest BCUT2D eigenvalue weighted by Gasteiger charge is -2.15. The van der Waals surface area contributed by atoms with Gasteiger partial charge in [0.15, 0.2) is 0 Å². The first-order chi connectivity index (χ1) is 17.6. The van der Waals surface area contributed by atoms with Crippen molar-refractivity contribution in [3.8, 4) is 0 Å². The van der Waals surface area contributed by atoms with Crippen molar-refractivity contribution in [3.05, 3.63) is 69.3 Å². The lowest BCUT2D eigenvalue weighted by atomic mass is 10.0. The molecule has 4 nitrogen and oxygen atoms in total. The molecule has 5 heteroatoms. The van der Waals surface area contributed by atoms with Crippen LogP contribution in [0.2, 0.25) is 0 Å². The summed E-state index contributed by atoms with van der Waals surface area (Å²) in [5.41, 5.74) is 11.1. The van der Waals surface area contributed by atoms with Crippen LogP contribution in [-0.2, 0) is 32.2 Å². The van der Waals surface area contributed by atoms with Crippen LogP contribution in [0.5, 0.6) is 0 Å². The van der Waals surface area contributed by atoms with Crippen LogP contribution in [0.1, 0.15) is 81.3 Å². The van der Waals surface area contributed by atoms with Crippen LogP contribution in [0.4, 0.5) is 5.69 Å². The van der Waals surface area contributed by atoms with E-state index >= 15 is 0 Å². The Morgan fingerprint density at radius 3 is 2.44 bits per heavy atom. The molecule has 1 aliphatic rings. The van der Waals surface area contributed by atoms with Crippen molar-refractivity contribution >= 4 is 37.3 Å². The first kappa shape index (κ1) is 25.0. The van der Waals surface area contributed by atoms with Crippen LogP contribution in [-0.4, -0.2) is 9.55 Å². The largest absolute Gasteiger partial charge is 0.398 e. The van der Waals surface area contributed by atoms with E-state index < -0.39 is 0 Å². The van der Waals surface area contributed by atoms with Crippen LogP contribution < -0.4 is 11.3 Å². The van der Waals surface area contributed by atoms with Gasteiger partial charge in [-0.25, -0.2) is 4.98 Å². The number of fused-ring (bicyclic) bond motifs is 3. The van der Waals surface area contributed by atoms with Crippen molar-refractivity contribution in [3.63, 3.8) is 0 Å². The summed E-state index contributed by atoms with van der Waals surface area (Å²) < 4.78 is 3.02. The summed E-state index contributed by atoms with van der Waals surface area (Å²) in [5, 5.41) is 1.82. The summed E-state index contributed by atoms with van der Waals surface area (Å²) in [6.07, 6.45) is 12.4. The number of hydrogen-bond donors (Lipinski definition) is 1. The van der Waals surface area contributed by atoms with Crippen molar-refractivity contribution in [1.82, 2.24) is 9.55 Å². The number of unbranched alkanes of at least 4 members (excludes halogenated alkanes) is 1. The molecular weight excluding hydrogens is 462 g/mol. The zero-order valence-corrected chi connectivity index (χ0v) is 22.6. The zero-order valence-electron chi connectivity index (χ0n) is 21.8. The summed E-state index contributed by atoms with van der Waals surface area (Å²) in [6, 6.07) is 12.9. The molecule has 4 aromatic rings. The summed E-state index contributed by atoms with van der Waals surface area (Å²) >= 11 is 1.60. The average molecular weight is 502 g/mol. The second kappa shape index (κ2) is 11.2. The molecule has 1 aliphatic carbocycles. The van der Waals surface area contributed by atoms with Crippen LogP contribution in [0.3, 0.4) is 0 Å². The Morgan fingerprint density at radius 2 is 1.72 bits per heavy atom. The van der Waals surface area contributed by atoms with Crippen molar-refractivity contribution in [2.45, 2.75) is 91.0 Å². The van der Waals surface area contributed by atoms with Gasteiger partial charge < -0.3 is 5.73 Å². The maximum absolute atomic E-state index is 14.2. The number of benzene rings is 2. The van der Waals surface area contributed by atoms with Gasteiger partial charge in [0.05, 0.1) is 10.1 Å². The van der Waals surface area contributed by atoms with Gasteiger partial charge in [0, 0.05) is 24.0 Å². The van der Waals surface area contributed by atoms with Gasteiger partial charge in [0.1, 0.15) is 10.7 Å². The molecule has 5 rings (SSSR count). The van der Waals surface area contributed by atoms with E-state index in [0.717, 1.165) is 82.7 Å². The molecule has 0 unspecified atom stereocenters. The SMILES string of the molecule is CCCCc1ccc(N)c2sc3nc(CCC4CCCC4)n(CCc4ccc(CC)cc4)c(=O)c3c12. The van der Waals surface area contributed by atoms with E-state index in [-0.39, 0.29) is 5.56 Å². The van der Waals surface area contributed by atoms with Gasteiger partial charge in [-0.05, 0) is 60.8 Å². The van der Waals surface area contributed by atoms with E-state index in [1.54, 1.807) is 11.3 Å².